The molecule has 1 heterocycles. The van der Waals surface area contributed by atoms with E-state index in [1.165, 1.54) is 0 Å². The molecule has 4 nitrogen and oxygen atoms in total. The number of hydrogen-bond acceptors (Lipinski definition) is 3. The molecule has 0 aliphatic rings. The van der Waals surface area contributed by atoms with E-state index in [1.54, 1.807) is 6.33 Å². The minimum Gasteiger partial charge on any atom is -0.396 e. The number of nitrogens with zero attached hydrogens (tertiary/aromatic N) is 2. The van der Waals surface area contributed by atoms with Gasteiger partial charge in [0.05, 0.1) is 12.0 Å². The molecule has 0 aromatic carbocycles. The summed E-state index contributed by atoms with van der Waals surface area (Å²) in [5, 5.41) is 12.0. The van der Waals surface area contributed by atoms with Crippen molar-refractivity contribution in [1.82, 2.24) is 14.9 Å². The van der Waals surface area contributed by atoms with Gasteiger partial charge in [-0.2, -0.15) is 0 Å². The van der Waals surface area contributed by atoms with Crippen molar-refractivity contribution in [3.05, 3.63) is 18.2 Å². The molecule has 1 aromatic heterocycles. The number of aryl methyl sites for hydroxylation is 1. The van der Waals surface area contributed by atoms with E-state index in [-0.39, 0.29) is 6.61 Å². The fourth-order valence-electron chi connectivity index (χ4n) is 1.07. The molecule has 2 N–H and O–H groups in total. The summed E-state index contributed by atoms with van der Waals surface area (Å²) in [5.41, 5.74) is 1.16. The third kappa shape index (κ3) is 3.16. The lowest BCUT2D eigenvalue weighted by atomic mass is 10.2. The molecule has 0 fully saturated rings. The lowest BCUT2D eigenvalue weighted by Crippen LogP contribution is -2.23. The Balaban J connectivity index is 2.24. The minimum atomic E-state index is 0.235. The van der Waals surface area contributed by atoms with Crippen LogP contribution in [0.25, 0.3) is 0 Å². The number of nitrogens with one attached hydrogen (secondary N) is 1. The Morgan fingerprint density at radius 3 is 3.00 bits per heavy atom. The third-order valence-electron chi connectivity index (χ3n) is 2.03. The molecular formula is C9H17N3O. The predicted molar refractivity (Wildman–Crippen MR) is 51.2 cm³/mol. The lowest BCUT2D eigenvalue weighted by Gasteiger charge is -2.09. The van der Waals surface area contributed by atoms with Crippen LogP contribution in [0.2, 0.25) is 0 Å². The topological polar surface area (TPSA) is 50.1 Å². The lowest BCUT2D eigenvalue weighted by molar-refractivity contribution is 0.233. The molecule has 0 aliphatic heterocycles. The van der Waals surface area contributed by atoms with Crippen LogP contribution >= 0.6 is 0 Å². The van der Waals surface area contributed by atoms with Crippen LogP contribution in [0.15, 0.2) is 12.5 Å². The molecule has 0 bridgehead atoms. The van der Waals surface area contributed by atoms with Gasteiger partial charge < -0.3 is 15.0 Å². The van der Waals surface area contributed by atoms with Crippen LogP contribution in [-0.4, -0.2) is 27.8 Å². The van der Waals surface area contributed by atoms with Crippen molar-refractivity contribution in [2.45, 2.75) is 13.5 Å². The average molecular weight is 183 g/mol. The second kappa shape index (κ2) is 4.99. The second-order valence-corrected chi connectivity index (χ2v) is 3.41. The summed E-state index contributed by atoms with van der Waals surface area (Å²) in [7, 11) is 1.97. The molecule has 13 heavy (non-hydrogen) atoms. The normalized spacial score (nSPS) is 13.2. The quantitative estimate of drug-likeness (QED) is 0.682. The van der Waals surface area contributed by atoms with Gasteiger partial charge in [0.1, 0.15) is 0 Å². The van der Waals surface area contributed by atoms with Gasteiger partial charge in [-0.3, -0.25) is 0 Å². The molecular weight excluding hydrogens is 166 g/mol. The molecule has 0 saturated heterocycles. The first kappa shape index (κ1) is 10.2. The summed E-state index contributed by atoms with van der Waals surface area (Å²) < 4.78 is 1.98. The van der Waals surface area contributed by atoms with Crippen LogP contribution in [0.5, 0.6) is 0 Å². The molecule has 1 aromatic rings. The van der Waals surface area contributed by atoms with E-state index in [9.17, 15) is 0 Å². The van der Waals surface area contributed by atoms with E-state index < -0.39 is 0 Å². The first-order valence-electron chi connectivity index (χ1n) is 4.50. The van der Waals surface area contributed by atoms with Crippen molar-refractivity contribution < 1.29 is 5.11 Å². The number of aliphatic hydroxyl groups excluding tert-OH is 1. The van der Waals surface area contributed by atoms with Crippen molar-refractivity contribution in [2.75, 3.05) is 13.2 Å². The highest BCUT2D eigenvalue weighted by atomic mass is 16.3. The summed E-state index contributed by atoms with van der Waals surface area (Å²) in [4.78, 5) is 4.01. The van der Waals surface area contributed by atoms with Gasteiger partial charge in [0, 0.05) is 32.9 Å². The van der Waals surface area contributed by atoms with Gasteiger partial charge in [-0.1, -0.05) is 6.92 Å². The zero-order chi connectivity index (χ0) is 9.68. The molecule has 0 saturated carbocycles. The van der Waals surface area contributed by atoms with Crippen molar-refractivity contribution in [3.8, 4) is 0 Å². The molecule has 0 spiro atoms. The molecule has 0 aliphatic carbocycles. The maximum Gasteiger partial charge on any atom is 0.0945 e. The number of aliphatic hydroxyl groups is 1. The monoisotopic (exact) mass is 183 g/mol. The molecule has 1 unspecified atom stereocenters. The Labute approximate surface area is 78.6 Å². The van der Waals surface area contributed by atoms with Crippen LogP contribution in [0.3, 0.4) is 0 Å². The van der Waals surface area contributed by atoms with E-state index in [0.717, 1.165) is 18.8 Å². The van der Waals surface area contributed by atoms with Crippen LogP contribution in [0.1, 0.15) is 12.6 Å². The zero-order valence-corrected chi connectivity index (χ0v) is 8.20. The van der Waals surface area contributed by atoms with Crippen LogP contribution < -0.4 is 5.32 Å². The van der Waals surface area contributed by atoms with Gasteiger partial charge >= 0.3 is 0 Å². The smallest absolute Gasteiger partial charge is 0.0945 e. The summed E-state index contributed by atoms with van der Waals surface area (Å²) in [6.07, 6.45) is 3.63. The highest BCUT2D eigenvalue weighted by molar-refractivity contribution is 4.96. The maximum absolute atomic E-state index is 8.79. The zero-order valence-electron chi connectivity index (χ0n) is 8.20. The first-order valence-corrected chi connectivity index (χ1v) is 4.50. The molecule has 1 rings (SSSR count). The summed E-state index contributed by atoms with van der Waals surface area (Å²) in [6, 6.07) is 0. The van der Waals surface area contributed by atoms with Gasteiger partial charge in [-0.15, -0.1) is 0 Å². The predicted octanol–water partition coefficient (Wildman–Crippen LogP) is 0.138. The summed E-state index contributed by atoms with van der Waals surface area (Å²) in [5.74, 6) is 0.313. The van der Waals surface area contributed by atoms with Crippen LogP contribution in [0.4, 0.5) is 0 Å². The van der Waals surface area contributed by atoms with Crippen LogP contribution in [0, 0.1) is 5.92 Å². The van der Waals surface area contributed by atoms with E-state index in [2.05, 4.69) is 10.3 Å². The van der Waals surface area contributed by atoms with Gasteiger partial charge in [0.2, 0.25) is 0 Å². The van der Waals surface area contributed by atoms with Gasteiger partial charge in [-0.05, 0) is 5.92 Å². The molecule has 0 amide bonds. The van der Waals surface area contributed by atoms with E-state index in [4.69, 9.17) is 5.11 Å². The van der Waals surface area contributed by atoms with Gasteiger partial charge in [-0.25, -0.2) is 4.98 Å². The Morgan fingerprint density at radius 2 is 2.46 bits per heavy atom. The van der Waals surface area contributed by atoms with E-state index in [0.29, 0.717) is 5.92 Å². The fraction of sp³-hybridized carbons (Fsp3) is 0.667. The molecule has 1 atom stereocenters. The Kier molecular flexibility index (Phi) is 3.92. The first-order chi connectivity index (χ1) is 6.24. The van der Waals surface area contributed by atoms with E-state index >= 15 is 0 Å². The van der Waals surface area contributed by atoms with Gasteiger partial charge in [0.25, 0.3) is 0 Å². The number of imidazole rings is 1. The highest BCUT2D eigenvalue weighted by Crippen LogP contribution is 1.96. The standard InChI is InChI=1S/C9H17N3O/c1-8(6-13)3-10-4-9-5-11-7-12(9)2/h5,7-8,10,13H,3-4,6H2,1-2H3. The van der Waals surface area contributed by atoms with Crippen molar-refractivity contribution in [3.63, 3.8) is 0 Å². The van der Waals surface area contributed by atoms with Crippen molar-refractivity contribution >= 4 is 0 Å². The van der Waals surface area contributed by atoms with Crippen molar-refractivity contribution in [1.29, 1.82) is 0 Å². The third-order valence-corrected chi connectivity index (χ3v) is 2.03. The van der Waals surface area contributed by atoms with Gasteiger partial charge in [0.15, 0.2) is 0 Å². The molecule has 0 radical (unpaired) electrons. The minimum absolute atomic E-state index is 0.235. The number of aromatic nitrogens is 2. The molecule has 4 heteroatoms. The Hall–Kier alpha value is -0.870. The number of rotatable bonds is 5. The van der Waals surface area contributed by atoms with E-state index in [1.807, 2.05) is 24.7 Å². The number of hydrogen-bond donors (Lipinski definition) is 2. The average Bonchev–Trinajstić information content (AvgIpc) is 2.52. The maximum atomic E-state index is 8.79. The van der Waals surface area contributed by atoms with Crippen molar-refractivity contribution in [2.24, 2.45) is 13.0 Å². The summed E-state index contributed by atoms with van der Waals surface area (Å²) in [6.45, 7) is 3.89. The van der Waals surface area contributed by atoms with Crippen LogP contribution in [-0.2, 0) is 13.6 Å². The second-order valence-electron chi connectivity index (χ2n) is 3.41. The Morgan fingerprint density at radius 1 is 1.69 bits per heavy atom. The Bertz CT molecular complexity index is 247. The SMILES string of the molecule is CC(CO)CNCc1cncn1C. The fourth-order valence-corrected chi connectivity index (χ4v) is 1.07. The largest absolute Gasteiger partial charge is 0.396 e. The highest BCUT2D eigenvalue weighted by Gasteiger charge is 2.00. The molecule has 74 valence electrons. The summed E-state index contributed by atoms with van der Waals surface area (Å²) >= 11 is 0.